The summed E-state index contributed by atoms with van der Waals surface area (Å²) in [5, 5.41) is 2.70. The standard InChI is InChI=1S/C18H14ClF3N2O3/c1-26-15-6-10-11(8-23-14(10)7-16(15)27-2)17(25)24-13-4-3-9(19)5-12(13)18(20,21)22/h3-8,23H,1-2H3,(H,24,25). The summed E-state index contributed by atoms with van der Waals surface area (Å²) in [6.07, 6.45) is -3.26. The third-order valence-corrected chi connectivity index (χ3v) is 4.20. The number of amides is 1. The number of aromatic nitrogens is 1. The van der Waals surface area contributed by atoms with Crippen molar-refractivity contribution in [1.29, 1.82) is 0 Å². The highest BCUT2D eigenvalue weighted by molar-refractivity contribution is 6.30. The van der Waals surface area contributed by atoms with Gasteiger partial charge in [-0.15, -0.1) is 0 Å². The van der Waals surface area contributed by atoms with Gasteiger partial charge in [0.05, 0.1) is 36.6 Å². The number of carbonyl (C=O) groups is 1. The second kappa shape index (κ2) is 7.03. The van der Waals surface area contributed by atoms with Gasteiger partial charge in [0, 0.05) is 22.7 Å². The van der Waals surface area contributed by atoms with Gasteiger partial charge in [0.2, 0.25) is 0 Å². The molecule has 0 saturated heterocycles. The SMILES string of the molecule is COc1cc2[nH]cc(C(=O)Nc3ccc(Cl)cc3C(F)(F)F)c2cc1OC. The number of ether oxygens (including phenoxy) is 2. The molecule has 2 aromatic carbocycles. The van der Waals surface area contributed by atoms with Crippen LogP contribution in [0.15, 0.2) is 36.5 Å². The number of rotatable bonds is 4. The highest BCUT2D eigenvalue weighted by Gasteiger charge is 2.34. The second-order valence-electron chi connectivity index (χ2n) is 5.60. The average Bonchev–Trinajstić information content (AvgIpc) is 3.03. The average molecular weight is 399 g/mol. The number of alkyl halides is 3. The summed E-state index contributed by atoms with van der Waals surface area (Å²) in [7, 11) is 2.92. The van der Waals surface area contributed by atoms with E-state index < -0.39 is 17.6 Å². The molecule has 0 aliphatic heterocycles. The molecule has 0 saturated carbocycles. The lowest BCUT2D eigenvalue weighted by molar-refractivity contribution is -0.136. The predicted octanol–water partition coefficient (Wildman–Crippen LogP) is 5.11. The van der Waals surface area contributed by atoms with E-state index in [1.807, 2.05) is 0 Å². The monoisotopic (exact) mass is 398 g/mol. The van der Waals surface area contributed by atoms with Crippen LogP contribution in [-0.2, 0) is 6.18 Å². The zero-order valence-electron chi connectivity index (χ0n) is 14.2. The number of nitrogens with one attached hydrogen (secondary N) is 2. The lowest BCUT2D eigenvalue weighted by Gasteiger charge is -2.14. The van der Waals surface area contributed by atoms with Gasteiger partial charge in [0.15, 0.2) is 11.5 Å². The van der Waals surface area contributed by atoms with Crippen molar-refractivity contribution in [2.75, 3.05) is 19.5 Å². The van der Waals surface area contributed by atoms with Gasteiger partial charge >= 0.3 is 6.18 Å². The van der Waals surface area contributed by atoms with Crippen LogP contribution in [0.3, 0.4) is 0 Å². The van der Waals surface area contributed by atoms with Crippen LogP contribution in [0.4, 0.5) is 18.9 Å². The first kappa shape index (κ1) is 18.9. The van der Waals surface area contributed by atoms with E-state index >= 15 is 0 Å². The topological polar surface area (TPSA) is 63.4 Å². The quantitative estimate of drug-likeness (QED) is 0.642. The number of methoxy groups -OCH3 is 2. The fourth-order valence-corrected chi connectivity index (χ4v) is 2.86. The van der Waals surface area contributed by atoms with Crippen LogP contribution in [-0.4, -0.2) is 25.1 Å². The Balaban J connectivity index is 2.01. The van der Waals surface area contributed by atoms with Crippen molar-refractivity contribution in [2.24, 2.45) is 0 Å². The molecule has 5 nitrogen and oxygen atoms in total. The molecule has 0 aliphatic carbocycles. The molecular formula is C18H14ClF3N2O3. The molecule has 0 fully saturated rings. The molecule has 3 rings (SSSR count). The highest BCUT2D eigenvalue weighted by Crippen LogP contribution is 2.37. The number of halogens is 4. The van der Waals surface area contributed by atoms with E-state index in [0.29, 0.717) is 22.4 Å². The predicted molar refractivity (Wildman–Crippen MR) is 95.8 cm³/mol. The number of hydrogen-bond acceptors (Lipinski definition) is 3. The molecule has 0 spiro atoms. The first-order valence-electron chi connectivity index (χ1n) is 7.65. The summed E-state index contributed by atoms with van der Waals surface area (Å²) in [6, 6.07) is 6.36. The number of fused-ring (bicyclic) bond motifs is 1. The van der Waals surface area contributed by atoms with Gasteiger partial charge < -0.3 is 19.8 Å². The van der Waals surface area contributed by atoms with Crippen molar-refractivity contribution in [3.8, 4) is 11.5 Å². The minimum Gasteiger partial charge on any atom is -0.493 e. The van der Waals surface area contributed by atoms with Gasteiger partial charge in [-0.25, -0.2) is 0 Å². The van der Waals surface area contributed by atoms with Crippen molar-refractivity contribution in [1.82, 2.24) is 4.98 Å². The Labute approximate surface area is 157 Å². The molecule has 2 N–H and O–H groups in total. The number of carbonyl (C=O) groups excluding carboxylic acids is 1. The van der Waals surface area contributed by atoms with Crippen molar-refractivity contribution >= 4 is 34.1 Å². The summed E-state index contributed by atoms with van der Waals surface area (Å²) < 4.78 is 50.0. The van der Waals surface area contributed by atoms with Crippen LogP contribution in [0.5, 0.6) is 11.5 Å². The molecular weight excluding hydrogens is 385 g/mol. The van der Waals surface area contributed by atoms with E-state index in [9.17, 15) is 18.0 Å². The number of hydrogen-bond donors (Lipinski definition) is 2. The van der Waals surface area contributed by atoms with Gasteiger partial charge in [0.25, 0.3) is 5.91 Å². The molecule has 0 aliphatic rings. The van der Waals surface area contributed by atoms with E-state index in [2.05, 4.69) is 10.3 Å². The molecule has 9 heteroatoms. The maximum Gasteiger partial charge on any atom is 0.418 e. The lowest BCUT2D eigenvalue weighted by atomic mass is 10.1. The Hall–Kier alpha value is -2.87. The van der Waals surface area contributed by atoms with Crippen LogP contribution in [0.25, 0.3) is 10.9 Å². The molecule has 0 unspecified atom stereocenters. The number of benzene rings is 2. The Morgan fingerprint density at radius 1 is 1.11 bits per heavy atom. The number of H-pyrrole nitrogens is 1. The zero-order chi connectivity index (χ0) is 19.8. The minimum atomic E-state index is -4.66. The van der Waals surface area contributed by atoms with Gasteiger partial charge in [-0.3, -0.25) is 4.79 Å². The maximum atomic E-state index is 13.2. The summed E-state index contributed by atoms with van der Waals surface area (Å²) in [6.45, 7) is 0. The molecule has 142 valence electrons. The lowest BCUT2D eigenvalue weighted by Crippen LogP contribution is -2.16. The molecule has 1 heterocycles. The van der Waals surface area contributed by atoms with E-state index in [-0.39, 0.29) is 16.3 Å². The molecule has 3 aromatic rings. The Bertz CT molecular complexity index is 1010. The Morgan fingerprint density at radius 2 is 1.78 bits per heavy atom. The second-order valence-corrected chi connectivity index (χ2v) is 6.03. The largest absolute Gasteiger partial charge is 0.493 e. The number of anilines is 1. The van der Waals surface area contributed by atoms with Crippen LogP contribution in [0.2, 0.25) is 5.02 Å². The third-order valence-electron chi connectivity index (χ3n) is 3.97. The zero-order valence-corrected chi connectivity index (χ0v) is 15.0. The fourth-order valence-electron chi connectivity index (χ4n) is 2.69. The summed E-state index contributed by atoms with van der Waals surface area (Å²) in [5.41, 5.74) is -0.673. The van der Waals surface area contributed by atoms with E-state index in [4.69, 9.17) is 21.1 Å². The van der Waals surface area contributed by atoms with Crippen molar-refractivity contribution in [2.45, 2.75) is 6.18 Å². The van der Waals surface area contributed by atoms with Gasteiger partial charge in [0.1, 0.15) is 0 Å². The summed E-state index contributed by atoms with van der Waals surface area (Å²) in [4.78, 5) is 15.5. The number of aromatic amines is 1. The highest BCUT2D eigenvalue weighted by atomic mass is 35.5. The molecule has 0 bridgehead atoms. The van der Waals surface area contributed by atoms with Gasteiger partial charge in [-0.05, 0) is 24.3 Å². The van der Waals surface area contributed by atoms with E-state index in [0.717, 1.165) is 12.1 Å². The first-order valence-corrected chi connectivity index (χ1v) is 8.03. The van der Waals surface area contributed by atoms with Crippen LogP contribution in [0.1, 0.15) is 15.9 Å². The molecule has 0 radical (unpaired) electrons. The third kappa shape index (κ3) is 3.66. The minimum absolute atomic E-state index is 0.0794. The normalized spacial score (nSPS) is 11.5. The summed E-state index contributed by atoms with van der Waals surface area (Å²) in [5.74, 6) is 0.137. The first-order chi connectivity index (χ1) is 12.7. The molecule has 0 atom stereocenters. The Kier molecular flexibility index (Phi) is 4.93. The summed E-state index contributed by atoms with van der Waals surface area (Å²) >= 11 is 5.66. The molecule has 1 amide bonds. The van der Waals surface area contributed by atoms with Gasteiger partial charge in [-0.1, -0.05) is 11.6 Å². The van der Waals surface area contributed by atoms with E-state index in [1.165, 1.54) is 26.5 Å². The van der Waals surface area contributed by atoms with Crippen LogP contribution in [0, 0.1) is 0 Å². The van der Waals surface area contributed by atoms with Gasteiger partial charge in [-0.2, -0.15) is 13.2 Å². The fraction of sp³-hybridized carbons (Fsp3) is 0.167. The van der Waals surface area contributed by atoms with Crippen molar-refractivity contribution < 1.29 is 27.4 Å². The van der Waals surface area contributed by atoms with Crippen LogP contribution < -0.4 is 14.8 Å². The maximum absolute atomic E-state index is 13.2. The van der Waals surface area contributed by atoms with Crippen LogP contribution >= 0.6 is 11.6 Å². The Morgan fingerprint density at radius 3 is 2.41 bits per heavy atom. The van der Waals surface area contributed by atoms with Crippen molar-refractivity contribution in [3.63, 3.8) is 0 Å². The van der Waals surface area contributed by atoms with E-state index in [1.54, 1.807) is 12.1 Å². The van der Waals surface area contributed by atoms with Crippen molar-refractivity contribution in [3.05, 3.63) is 52.7 Å². The molecule has 27 heavy (non-hydrogen) atoms. The smallest absolute Gasteiger partial charge is 0.418 e. The molecule has 1 aromatic heterocycles.